The van der Waals surface area contributed by atoms with E-state index in [2.05, 4.69) is 194 Å². The number of thiophene rings is 1. The molecule has 1 aliphatic heterocycles. The summed E-state index contributed by atoms with van der Waals surface area (Å²) in [6, 6.07) is 72.5. The van der Waals surface area contributed by atoms with Crippen molar-refractivity contribution in [3.63, 3.8) is 0 Å². The minimum atomic E-state index is -0.455. The van der Waals surface area contributed by atoms with E-state index in [0.717, 1.165) is 22.4 Å². The standard InChI is InChI=1S/C57H32OS/c1-4-20-46-38(13-1)41-17-7-11-33-12-8-22-48(54(33)41)57(46)47-21-5-2-15-43(47)55-37(16-10-23-49(55)57)35-25-28-50-44(31-35)42-19-9-18-40-36(27-29-51(58-50)56(40)42)34-26-30-53-45(32-34)39-14-3-6-24-52(39)59-53/h1-32H. The summed E-state index contributed by atoms with van der Waals surface area (Å²) < 4.78 is 9.43. The molecule has 14 rings (SSSR count). The smallest absolute Gasteiger partial charge is 0.135 e. The number of hydrogen-bond acceptors (Lipinski definition) is 2. The molecule has 272 valence electrons. The van der Waals surface area contributed by atoms with Crippen molar-refractivity contribution < 1.29 is 4.74 Å². The summed E-state index contributed by atoms with van der Waals surface area (Å²) in [6.45, 7) is 0. The van der Waals surface area contributed by atoms with E-state index in [0.29, 0.717) is 0 Å². The van der Waals surface area contributed by atoms with Gasteiger partial charge in [-0.1, -0.05) is 158 Å². The van der Waals surface area contributed by atoms with Gasteiger partial charge in [-0.2, -0.15) is 0 Å². The van der Waals surface area contributed by atoms with Gasteiger partial charge in [0.15, 0.2) is 0 Å². The summed E-state index contributed by atoms with van der Waals surface area (Å²) in [5.41, 5.74) is 17.4. The summed E-state index contributed by atoms with van der Waals surface area (Å²) in [7, 11) is 0. The average molecular weight is 765 g/mol. The molecule has 0 radical (unpaired) electrons. The third-order valence-electron chi connectivity index (χ3n) is 13.5. The van der Waals surface area contributed by atoms with Crippen LogP contribution in [0.25, 0.3) is 97.4 Å². The van der Waals surface area contributed by atoms with Crippen molar-refractivity contribution in [3.05, 3.63) is 216 Å². The van der Waals surface area contributed by atoms with Crippen LogP contribution in [0.1, 0.15) is 22.3 Å². The fraction of sp³-hybridized carbons (Fsp3) is 0.0175. The molecule has 2 heterocycles. The Morgan fingerprint density at radius 3 is 1.86 bits per heavy atom. The van der Waals surface area contributed by atoms with Crippen LogP contribution in [-0.4, -0.2) is 0 Å². The maximum Gasteiger partial charge on any atom is 0.135 e. The Hall–Kier alpha value is -7.26. The largest absolute Gasteiger partial charge is 0.456 e. The van der Waals surface area contributed by atoms with Crippen molar-refractivity contribution >= 4 is 53.1 Å². The third kappa shape index (κ3) is 4.04. The molecular formula is C57H32OS. The molecule has 0 fully saturated rings. The Kier molecular flexibility index (Phi) is 6.16. The second-order valence-electron chi connectivity index (χ2n) is 16.2. The predicted octanol–water partition coefficient (Wildman–Crippen LogP) is 15.8. The van der Waals surface area contributed by atoms with E-state index in [1.165, 1.54) is 109 Å². The fourth-order valence-electron chi connectivity index (χ4n) is 11.2. The second kappa shape index (κ2) is 11.4. The lowest BCUT2D eigenvalue weighted by molar-refractivity contribution is 0.487. The lowest BCUT2D eigenvalue weighted by Crippen LogP contribution is -2.31. The lowest BCUT2D eigenvalue weighted by Gasteiger charge is -2.40. The van der Waals surface area contributed by atoms with Crippen molar-refractivity contribution in [2.75, 3.05) is 0 Å². The van der Waals surface area contributed by atoms with Crippen LogP contribution < -0.4 is 4.74 Å². The molecule has 0 bridgehead atoms. The molecule has 0 saturated carbocycles. The molecule has 1 spiro atoms. The Morgan fingerprint density at radius 2 is 0.949 bits per heavy atom. The van der Waals surface area contributed by atoms with Gasteiger partial charge in [-0.3, -0.25) is 0 Å². The highest BCUT2D eigenvalue weighted by Crippen LogP contribution is 2.63. The van der Waals surface area contributed by atoms with Crippen molar-refractivity contribution in [2.24, 2.45) is 0 Å². The number of fused-ring (bicyclic) bond motifs is 14. The van der Waals surface area contributed by atoms with Gasteiger partial charge in [0.2, 0.25) is 0 Å². The monoisotopic (exact) mass is 764 g/mol. The molecule has 59 heavy (non-hydrogen) atoms. The van der Waals surface area contributed by atoms with Gasteiger partial charge in [0.25, 0.3) is 0 Å². The topological polar surface area (TPSA) is 9.23 Å². The van der Waals surface area contributed by atoms with Crippen molar-refractivity contribution in [2.45, 2.75) is 5.41 Å². The number of hydrogen-bond donors (Lipinski definition) is 0. The quantitative estimate of drug-likeness (QED) is 0.170. The Balaban J connectivity index is 0.980. The van der Waals surface area contributed by atoms with Gasteiger partial charge in [-0.25, -0.2) is 0 Å². The summed E-state index contributed by atoms with van der Waals surface area (Å²) in [5.74, 6) is 1.80. The lowest BCUT2D eigenvalue weighted by atomic mass is 9.61. The summed E-state index contributed by atoms with van der Waals surface area (Å²) >= 11 is 1.86. The van der Waals surface area contributed by atoms with E-state index >= 15 is 0 Å². The molecule has 1 aromatic heterocycles. The Morgan fingerprint density at radius 1 is 0.339 bits per heavy atom. The maximum absolute atomic E-state index is 6.79. The minimum absolute atomic E-state index is 0.455. The van der Waals surface area contributed by atoms with Crippen LogP contribution in [0.5, 0.6) is 11.5 Å². The van der Waals surface area contributed by atoms with E-state index in [4.69, 9.17) is 4.74 Å². The number of rotatable bonds is 2. The average Bonchev–Trinajstić information content (AvgIpc) is 3.82. The molecule has 10 aromatic carbocycles. The first-order valence-corrected chi connectivity index (χ1v) is 21.2. The highest BCUT2D eigenvalue weighted by Gasteiger charge is 2.50. The van der Waals surface area contributed by atoms with E-state index in [-0.39, 0.29) is 0 Å². The van der Waals surface area contributed by atoms with E-state index < -0.39 is 5.41 Å². The van der Waals surface area contributed by atoms with E-state index in [1.807, 2.05) is 11.3 Å². The Labute approximate surface area is 345 Å². The molecule has 2 heteroatoms. The van der Waals surface area contributed by atoms with Crippen LogP contribution in [-0.2, 0) is 5.41 Å². The van der Waals surface area contributed by atoms with Crippen LogP contribution in [0, 0.1) is 0 Å². The first-order chi connectivity index (χ1) is 29.3. The van der Waals surface area contributed by atoms with Crippen LogP contribution in [0.2, 0.25) is 0 Å². The first kappa shape index (κ1) is 31.8. The summed E-state index contributed by atoms with van der Waals surface area (Å²) in [6.07, 6.45) is 0. The zero-order chi connectivity index (χ0) is 38.4. The fourth-order valence-corrected chi connectivity index (χ4v) is 12.2. The van der Waals surface area contributed by atoms with Crippen molar-refractivity contribution in [1.82, 2.24) is 0 Å². The van der Waals surface area contributed by atoms with Crippen LogP contribution in [0.15, 0.2) is 194 Å². The molecule has 2 aliphatic carbocycles. The number of benzene rings is 10. The molecule has 0 N–H and O–H groups in total. The van der Waals surface area contributed by atoms with Gasteiger partial charge in [0, 0.05) is 31.1 Å². The molecular weight excluding hydrogens is 733 g/mol. The SMILES string of the molecule is c1ccc2c(c1)-c1c(-c3ccc4c(c3)-c3cccc5c(-c6ccc7sc8ccccc8c7c6)ccc(c35)O4)cccc1C21c2ccccc2-c2cccc3cccc1c23. The zero-order valence-corrected chi connectivity index (χ0v) is 32.6. The summed E-state index contributed by atoms with van der Waals surface area (Å²) in [5, 5.41) is 7.63. The molecule has 0 amide bonds. The molecule has 1 unspecified atom stereocenters. The zero-order valence-electron chi connectivity index (χ0n) is 31.8. The van der Waals surface area contributed by atoms with Crippen LogP contribution in [0.4, 0.5) is 0 Å². The van der Waals surface area contributed by atoms with Gasteiger partial charge in [0.05, 0.1) is 5.41 Å². The van der Waals surface area contributed by atoms with Gasteiger partial charge in [-0.05, 0) is 125 Å². The first-order valence-electron chi connectivity index (χ1n) is 20.4. The molecule has 0 saturated heterocycles. The van der Waals surface area contributed by atoms with Crippen LogP contribution >= 0.6 is 11.3 Å². The molecule has 1 nitrogen and oxygen atoms in total. The minimum Gasteiger partial charge on any atom is -0.456 e. The van der Waals surface area contributed by atoms with Gasteiger partial charge < -0.3 is 4.74 Å². The van der Waals surface area contributed by atoms with E-state index in [1.54, 1.807) is 0 Å². The Bertz CT molecular complexity index is 3660. The van der Waals surface area contributed by atoms with Gasteiger partial charge in [-0.15, -0.1) is 11.3 Å². The third-order valence-corrected chi connectivity index (χ3v) is 14.6. The molecule has 3 aliphatic rings. The second-order valence-corrected chi connectivity index (χ2v) is 17.3. The van der Waals surface area contributed by atoms with Gasteiger partial charge in [0.1, 0.15) is 11.5 Å². The van der Waals surface area contributed by atoms with Crippen LogP contribution in [0.3, 0.4) is 0 Å². The predicted molar refractivity (Wildman–Crippen MR) is 247 cm³/mol. The van der Waals surface area contributed by atoms with Crippen molar-refractivity contribution in [1.29, 1.82) is 0 Å². The summed E-state index contributed by atoms with van der Waals surface area (Å²) in [4.78, 5) is 0. The van der Waals surface area contributed by atoms with Crippen molar-refractivity contribution in [3.8, 4) is 67.1 Å². The highest BCUT2D eigenvalue weighted by molar-refractivity contribution is 7.25. The normalized spacial score (nSPS) is 15.3. The molecule has 1 atom stereocenters. The van der Waals surface area contributed by atoms with Gasteiger partial charge >= 0.3 is 0 Å². The van der Waals surface area contributed by atoms with E-state index in [9.17, 15) is 0 Å². The number of ether oxygens (including phenoxy) is 1. The molecule has 11 aromatic rings. The highest BCUT2D eigenvalue weighted by atomic mass is 32.1. The maximum atomic E-state index is 6.79.